The highest BCUT2D eigenvalue weighted by Crippen LogP contribution is 1.91. The van der Waals surface area contributed by atoms with Crippen molar-refractivity contribution >= 4 is 17.2 Å². The lowest BCUT2D eigenvalue weighted by molar-refractivity contribution is 0.204. The zero-order chi connectivity index (χ0) is 8.81. The lowest BCUT2D eigenvalue weighted by atomic mass is 10.4. The quantitative estimate of drug-likeness (QED) is 0.524. The molecule has 0 aliphatic heterocycles. The van der Waals surface area contributed by atoms with Gasteiger partial charge < -0.3 is 10.1 Å². The number of rotatable bonds is 4. The Balaban J connectivity index is 2.30. The molecule has 4 nitrogen and oxygen atoms in total. The number of nitrogens with one attached hydrogen (secondary N) is 2. The van der Waals surface area contributed by atoms with Gasteiger partial charge in [0, 0.05) is 19.9 Å². The van der Waals surface area contributed by atoms with Gasteiger partial charge in [0.15, 0.2) is 0 Å². The highest BCUT2D eigenvalue weighted by Gasteiger charge is 1.99. The van der Waals surface area contributed by atoms with E-state index in [9.17, 15) is 0 Å². The van der Waals surface area contributed by atoms with Crippen molar-refractivity contribution in [3.63, 3.8) is 0 Å². The van der Waals surface area contributed by atoms with Gasteiger partial charge in [0.2, 0.25) is 0 Å². The first kappa shape index (κ1) is 9.15. The first-order valence-electron chi connectivity index (χ1n) is 3.61. The Morgan fingerprint density at radius 1 is 1.83 bits per heavy atom. The molecule has 0 aromatic carbocycles. The summed E-state index contributed by atoms with van der Waals surface area (Å²) in [5.74, 6) is 0. The summed E-state index contributed by atoms with van der Waals surface area (Å²) in [5, 5.41) is 9.58. The van der Waals surface area contributed by atoms with Crippen LogP contribution < -0.4 is 5.32 Å². The molecule has 66 valence electrons. The van der Waals surface area contributed by atoms with Crippen molar-refractivity contribution < 1.29 is 4.74 Å². The maximum absolute atomic E-state index is 5.05. The second kappa shape index (κ2) is 4.84. The van der Waals surface area contributed by atoms with Gasteiger partial charge in [0.1, 0.15) is 4.99 Å². The molecule has 0 saturated heterocycles. The third kappa shape index (κ3) is 2.60. The smallest absolute Gasteiger partial charge is 0.124 e. The monoisotopic (exact) mass is 185 g/mol. The van der Waals surface area contributed by atoms with Crippen LogP contribution in [0, 0.1) is 0 Å². The van der Waals surface area contributed by atoms with E-state index in [1.54, 1.807) is 13.3 Å². The molecule has 1 aromatic heterocycles. The summed E-state index contributed by atoms with van der Waals surface area (Å²) in [6.45, 7) is 1.36. The molecule has 1 heterocycles. The van der Waals surface area contributed by atoms with Crippen LogP contribution in [0.15, 0.2) is 12.3 Å². The van der Waals surface area contributed by atoms with Crippen molar-refractivity contribution in [2.24, 2.45) is 0 Å². The molecule has 0 radical (unpaired) electrons. The molecular weight excluding hydrogens is 174 g/mol. The lowest BCUT2D eigenvalue weighted by Crippen LogP contribution is -2.26. The van der Waals surface area contributed by atoms with Crippen LogP contribution in [0.1, 0.15) is 5.69 Å². The Bertz CT molecular complexity index is 235. The molecule has 0 spiro atoms. The van der Waals surface area contributed by atoms with Crippen LogP contribution in [-0.2, 0) is 4.74 Å². The second-order valence-electron chi connectivity index (χ2n) is 2.22. The van der Waals surface area contributed by atoms with Crippen LogP contribution in [0.25, 0.3) is 0 Å². The molecule has 0 amide bonds. The zero-order valence-corrected chi connectivity index (χ0v) is 7.65. The molecule has 0 aliphatic carbocycles. The molecule has 0 fully saturated rings. The topological polar surface area (TPSA) is 49.9 Å². The average Bonchev–Trinajstić information content (AvgIpc) is 2.56. The summed E-state index contributed by atoms with van der Waals surface area (Å²) in [5.41, 5.74) is 0.834. The minimum absolute atomic E-state index is 0.647. The first-order chi connectivity index (χ1) is 5.84. The van der Waals surface area contributed by atoms with Gasteiger partial charge in [-0.25, -0.2) is 0 Å². The fourth-order valence-electron chi connectivity index (χ4n) is 0.744. The summed E-state index contributed by atoms with van der Waals surface area (Å²) < 4.78 is 4.86. The summed E-state index contributed by atoms with van der Waals surface area (Å²) in [6, 6.07) is 1.82. The standard InChI is InChI=1S/C7H11N3OS/c1-11-5-4-8-7(12)6-2-3-9-10-6/h2-3H,4-5H2,1H3,(H,8,12)(H,9,10). The third-order valence-corrected chi connectivity index (χ3v) is 1.70. The van der Waals surface area contributed by atoms with E-state index in [1.165, 1.54) is 0 Å². The van der Waals surface area contributed by atoms with E-state index in [-0.39, 0.29) is 0 Å². The predicted octanol–water partition coefficient (Wildman–Crippen LogP) is 0.321. The molecule has 0 aliphatic rings. The maximum Gasteiger partial charge on any atom is 0.124 e. The van der Waals surface area contributed by atoms with Crippen molar-refractivity contribution in [3.05, 3.63) is 18.0 Å². The van der Waals surface area contributed by atoms with Gasteiger partial charge >= 0.3 is 0 Å². The Hall–Kier alpha value is -0.940. The van der Waals surface area contributed by atoms with E-state index in [1.807, 2.05) is 6.07 Å². The number of ether oxygens (including phenoxy) is 1. The first-order valence-corrected chi connectivity index (χ1v) is 4.02. The van der Waals surface area contributed by atoms with E-state index >= 15 is 0 Å². The van der Waals surface area contributed by atoms with Gasteiger partial charge in [0.05, 0.1) is 12.3 Å². The molecule has 0 unspecified atom stereocenters. The molecule has 2 N–H and O–H groups in total. The summed E-state index contributed by atoms with van der Waals surface area (Å²) >= 11 is 5.05. The van der Waals surface area contributed by atoms with Crippen molar-refractivity contribution in [1.29, 1.82) is 0 Å². The largest absolute Gasteiger partial charge is 0.383 e. The number of hydrogen-bond acceptors (Lipinski definition) is 3. The van der Waals surface area contributed by atoms with E-state index in [0.29, 0.717) is 18.1 Å². The molecule has 1 aromatic rings. The summed E-state index contributed by atoms with van der Waals surface area (Å²) in [6.07, 6.45) is 1.67. The Morgan fingerprint density at radius 3 is 3.25 bits per heavy atom. The fraction of sp³-hybridized carbons (Fsp3) is 0.429. The number of thiocarbonyl (C=S) groups is 1. The summed E-state index contributed by atoms with van der Waals surface area (Å²) in [4.78, 5) is 0.671. The minimum atomic E-state index is 0.647. The predicted molar refractivity (Wildman–Crippen MR) is 50.2 cm³/mol. The van der Waals surface area contributed by atoms with E-state index in [2.05, 4.69) is 15.5 Å². The van der Waals surface area contributed by atoms with Crippen molar-refractivity contribution in [1.82, 2.24) is 15.5 Å². The van der Waals surface area contributed by atoms with Gasteiger partial charge in [-0.15, -0.1) is 0 Å². The molecule has 1 rings (SSSR count). The van der Waals surface area contributed by atoms with Gasteiger partial charge in [-0.1, -0.05) is 12.2 Å². The van der Waals surface area contributed by atoms with Crippen molar-refractivity contribution in [2.75, 3.05) is 20.3 Å². The number of aromatic amines is 1. The zero-order valence-electron chi connectivity index (χ0n) is 6.83. The van der Waals surface area contributed by atoms with Crippen LogP contribution in [0.5, 0.6) is 0 Å². The average molecular weight is 185 g/mol. The van der Waals surface area contributed by atoms with Gasteiger partial charge in [-0.05, 0) is 6.07 Å². The number of methoxy groups -OCH3 is 1. The van der Waals surface area contributed by atoms with Gasteiger partial charge in [0.25, 0.3) is 0 Å². The Kier molecular flexibility index (Phi) is 3.69. The molecular formula is C7H11N3OS. The van der Waals surface area contributed by atoms with Crippen molar-refractivity contribution in [3.8, 4) is 0 Å². The number of nitrogens with zero attached hydrogens (tertiary/aromatic N) is 1. The van der Waals surface area contributed by atoms with Crippen LogP contribution in [-0.4, -0.2) is 35.4 Å². The van der Waals surface area contributed by atoms with Gasteiger partial charge in [-0.3, -0.25) is 5.10 Å². The van der Waals surface area contributed by atoms with E-state index in [4.69, 9.17) is 17.0 Å². The van der Waals surface area contributed by atoms with E-state index < -0.39 is 0 Å². The highest BCUT2D eigenvalue weighted by molar-refractivity contribution is 7.80. The maximum atomic E-state index is 5.05. The van der Waals surface area contributed by atoms with Crippen LogP contribution in [0.2, 0.25) is 0 Å². The Morgan fingerprint density at radius 2 is 2.67 bits per heavy atom. The molecule has 12 heavy (non-hydrogen) atoms. The normalized spacial score (nSPS) is 9.75. The highest BCUT2D eigenvalue weighted by atomic mass is 32.1. The van der Waals surface area contributed by atoms with E-state index in [0.717, 1.165) is 5.69 Å². The number of H-pyrrole nitrogens is 1. The summed E-state index contributed by atoms with van der Waals surface area (Å²) in [7, 11) is 1.65. The third-order valence-electron chi connectivity index (χ3n) is 1.34. The SMILES string of the molecule is COCCNC(=S)c1ccn[nH]1. The fourth-order valence-corrected chi connectivity index (χ4v) is 0.960. The second-order valence-corrected chi connectivity index (χ2v) is 2.63. The lowest BCUT2D eigenvalue weighted by Gasteiger charge is -2.03. The number of hydrogen-bond donors (Lipinski definition) is 2. The van der Waals surface area contributed by atoms with Crippen LogP contribution >= 0.6 is 12.2 Å². The number of aromatic nitrogens is 2. The molecule has 5 heteroatoms. The molecule has 0 saturated carbocycles. The minimum Gasteiger partial charge on any atom is -0.383 e. The molecule has 0 bridgehead atoms. The Labute approximate surface area is 76.3 Å². The van der Waals surface area contributed by atoms with Crippen LogP contribution in [0.4, 0.5) is 0 Å². The van der Waals surface area contributed by atoms with Crippen LogP contribution in [0.3, 0.4) is 0 Å². The molecule has 0 atom stereocenters. The van der Waals surface area contributed by atoms with Gasteiger partial charge in [-0.2, -0.15) is 5.10 Å². The van der Waals surface area contributed by atoms with Crippen molar-refractivity contribution in [2.45, 2.75) is 0 Å².